The van der Waals surface area contributed by atoms with Gasteiger partial charge in [-0.3, -0.25) is 5.14 Å². The highest BCUT2D eigenvalue weighted by Gasteiger charge is 2.22. The molecule has 0 aromatic carbocycles. The van der Waals surface area contributed by atoms with Crippen LogP contribution in [0.25, 0.3) is 0 Å². The summed E-state index contributed by atoms with van der Waals surface area (Å²) in [6, 6.07) is 0. The highest BCUT2D eigenvalue weighted by molar-refractivity contribution is 7.97. The molecule has 3 N–H and O–H groups in total. The van der Waals surface area contributed by atoms with Crippen LogP contribution in [-0.4, -0.2) is 29.7 Å². The van der Waals surface area contributed by atoms with Crippen molar-refractivity contribution in [2.24, 2.45) is 5.14 Å². The molecule has 1 aliphatic heterocycles. The molecule has 0 aliphatic carbocycles. The van der Waals surface area contributed by atoms with Crippen molar-refractivity contribution in [3.8, 4) is 0 Å². The Morgan fingerprint density at radius 2 is 2.44 bits per heavy atom. The smallest absolute Gasteiger partial charge is 0.0715 e. The molecule has 0 amide bonds. The Bertz CT molecular complexity index is 91.0. The quantitative estimate of drug-likeness (QED) is 0.504. The third kappa shape index (κ3) is 1.82. The summed E-state index contributed by atoms with van der Waals surface area (Å²) in [6.07, 6.45) is 0.447. The first-order chi connectivity index (χ1) is 4.34. The van der Waals surface area contributed by atoms with Crippen LogP contribution in [0.4, 0.5) is 0 Å². The number of rotatable bonds is 1. The van der Waals surface area contributed by atoms with Crippen molar-refractivity contribution in [1.29, 1.82) is 0 Å². The van der Waals surface area contributed by atoms with E-state index in [4.69, 9.17) is 9.88 Å². The Morgan fingerprint density at radius 3 is 2.89 bits per heavy atom. The van der Waals surface area contributed by atoms with E-state index in [1.807, 2.05) is 0 Å². The van der Waals surface area contributed by atoms with Crippen molar-refractivity contribution in [2.75, 3.05) is 13.2 Å². The van der Waals surface area contributed by atoms with Gasteiger partial charge in [0.25, 0.3) is 0 Å². The number of aliphatic hydroxyl groups excluding tert-OH is 1. The van der Waals surface area contributed by atoms with Crippen LogP contribution in [0.5, 0.6) is 0 Å². The molecule has 1 heterocycles. The van der Waals surface area contributed by atoms with Gasteiger partial charge in [0.15, 0.2) is 0 Å². The molecular weight excluding hydrogens is 138 g/mol. The zero-order valence-electron chi connectivity index (χ0n) is 5.12. The molecule has 0 bridgehead atoms. The predicted octanol–water partition coefficient (Wildman–Crippen LogP) is -0.257. The summed E-state index contributed by atoms with van der Waals surface area (Å²) in [5.41, 5.74) is 0. The van der Waals surface area contributed by atoms with Crippen LogP contribution in [0, 0.1) is 0 Å². The van der Waals surface area contributed by atoms with Gasteiger partial charge in [-0.25, -0.2) is 0 Å². The second-order valence-electron chi connectivity index (χ2n) is 2.11. The molecule has 4 heteroatoms. The molecule has 0 radical (unpaired) electrons. The standard InChI is InChI=1S/C5H11NO2S/c6-9-5-3-8-2-1-4(5)7/h4-5,7H,1-3,6H2. The predicted molar refractivity (Wildman–Crippen MR) is 37.0 cm³/mol. The summed E-state index contributed by atoms with van der Waals surface area (Å²) in [5, 5.41) is 14.5. The Hall–Kier alpha value is 0.230. The summed E-state index contributed by atoms with van der Waals surface area (Å²) >= 11 is 1.18. The van der Waals surface area contributed by atoms with E-state index >= 15 is 0 Å². The van der Waals surface area contributed by atoms with E-state index in [0.29, 0.717) is 13.2 Å². The fourth-order valence-electron chi connectivity index (χ4n) is 0.831. The number of ether oxygens (including phenoxy) is 1. The van der Waals surface area contributed by atoms with E-state index in [-0.39, 0.29) is 11.4 Å². The van der Waals surface area contributed by atoms with Crippen molar-refractivity contribution in [2.45, 2.75) is 17.8 Å². The van der Waals surface area contributed by atoms with Crippen molar-refractivity contribution in [1.82, 2.24) is 0 Å². The first kappa shape index (κ1) is 7.34. The van der Waals surface area contributed by atoms with E-state index in [1.165, 1.54) is 11.9 Å². The maximum atomic E-state index is 9.19. The normalized spacial score (nSPS) is 36.7. The van der Waals surface area contributed by atoms with Crippen LogP contribution < -0.4 is 5.14 Å². The molecule has 1 aliphatic rings. The Morgan fingerprint density at radius 1 is 1.67 bits per heavy atom. The molecule has 3 nitrogen and oxygen atoms in total. The minimum absolute atomic E-state index is 0.0822. The molecule has 0 saturated carbocycles. The van der Waals surface area contributed by atoms with Gasteiger partial charge >= 0.3 is 0 Å². The summed E-state index contributed by atoms with van der Waals surface area (Å²) in [4.78, 5) is 0. The van der Waals surface area contributed by atoms with Gasteiger partial charge in [0.05, 0.1) is 18.0 Å². The Kier molecular flexibility index (Phi) is 2.78. The van der Waals surface area contributed by atoms with Crippen molar-refractivity contribution >= 4 is 11.9 Å². The molecule has 2 unspecified atom stereocenters. The van der Waals surface area contributed by atoms with Crippen LogP contribution in [0.2, 0.25) is 0 Å². The lowest BCUT2D eigenvalue weighted by atomic mass is 10.1. The number of aliphatic hydroxyl groups is 1. The van der Waals surface area contributed by atoms with Gasteiger partial charge in [-0.05, 0) is 6.42 Å². The molecule has 2 atom stereocenters. The maximum Gasteiger partial charge on any atom is 0.0715 e. The summed E-state index contributed by atoms with van der Waals surface area (Å²) in [5.74, 6) is 0. The van der Waals surface area contributed by atoms with E-state index in [2.05, 4.69) is 0 Å². The zero-order valence-corrected chi connectivity index (χ0v) is 5.93. The van der Waals surface area contributed by atoms with Crippen LogP contribution in [-0.2, 0) is 4.74 Å². The van der Waals surface area contributed by atoms with Gasteiger partial charge in [0.1, 0.15) is 0 Å². The molecule has 0 aromatic heterocycles. The SMILES string of the molecule is NSC1COCCC1O. The lowest BCUT2D eigenvalue weighted by Gasteiger charge is -2.25. The van der Waals surface area contributed by atoms with Crippen LogP contribution in [0.3, 0.4) is 0 Å². The lowest BCUT2D eigenvalue weighted by molar-refractivity contribution is 0.0201. The summed E-state index contributed by atoms with van der Waals surface area (Å²) in [7, 11) is 0. The first-order valence-electron chi connectivity index (χ1n) is 2.96. The Balaban J connectivity index is 2.30. The topological polar surface area (TPSA) is 55.5 Å². The Labute approximate surface area is 58.7 Å². The molecule has 1 rings (SSSR count). The van der Waals surface area contributed by atoms with Crippen molar-refractivity contribution < 1.29 is 9.84 Å². The monoisotopic (exact) mass is 149 g/mol. The maximum absolute atomic E-state index is 9.19. The van der Waals surface area contributed by atoms with E-state index in [1.54, 1.807) is 0 Å². The fraction of sp³-hybridized carbons (Fsp3) is 1.00. The third-order valence-electron chi connectivity index (χ3n) is 1.44. The highest BCUT2D eigenvalue weighted by Crippen LogP contribution is 2.16. The van der Waals surface area contributed by atoms with Crippen LogP contribution in [0.1, 0.15) is 6.42 Å². The molecule has 54 valence electrons. The first-order valence-corrected chi connectivity index (χ1v) is 3.90. The molecule has 1 fully saturated rings. The highest BCUT2D eigenvalue weighted by atomic mass is 32.2. The molecule has 0 aromatic rings. The summed E-state index contributed by atoms with van der Waals surface area (Å²) in [6.45, 7) is 1.25. The second-order valence-corrected chi connectivity index (χ2v) is 2.98. The minimum atomic E-state index is -0.270. The second kappa shape index (κ2) is 3.41. The third-order valence-corrected chi connectivity index (χ3v) is 2.24. The fourth-order valence-corrected chi connectivity index (χ4v) is 1.32. The van der Waals surface area contributed by atoms with Gasteiger partial charge in [-0.1, -0.05) is 11.9 Å². The van der Waals surface area contributed by atoms with Gasteiger partial charge < -0.3 is 9.84 Å². The molecular formula is C5H11NO2S. The van der Waals surface area contributed by atoms with Gasteiger partial charge in [0.2, 0.25) is 0 Å². The van der Waals surface area contributed by atoms with Crippen molar-refractivity contribution in [3.63, 3.8) is 0 Å². The molecule has 0 spiro atoms. The minimum Gasteiger partial charge on any atom is -0.392 e. The lowest BCUT2D eigenvalue weighted by Crippen LogP contribution is -2.35. The largest absolute Gasteiger partial charge is 0.392 e. The van der Waals surface area contributed by atoms with E-state index in [0.717, 1.165) is 6.42 Å². The number of hydrogen-bond donors (Lipinski definition) is 2. The van der Waals surface area contributed by atoms with Gasteiger partial charge in [0, 0.05) is 6.61 Å². The van der Waals surface area contributed by atoms with Gasteiger partial charge in [-0.2, -0.15) is 0 Å². The number of nitrogens with two attached hydrogens (primary N) is 1. The van der Waals surface area contributed by atoms with Crippen LogP contribution >= 0.6 is 11.9 Å². The van der Waals surface area contributed by atoms with E-state index in [9.17, 15) is 5.11 Å². The average Bonchev–Trinajstić information content (AvgIpc) is 1.89. The zero-order chi connectivity index (χ0) is 6.69. The molecule has 1 saturated heterocycles. The van der Waals surface area contributed by atoms with Gasteiger partial charge in [-0.15, -0.1) is 0 Å². The molecule has 9 heavy (non-hydrogen) atoms. The number of hydrogen-bond acceptors (Lipinski definition) is 4. The van der Waals surface area contributed by atoms with E-state index < -0.39 is 0 Å². The van der Waals surface area contributed by atoms with Crippen LogP contribution in [0.15, 0.2) is 0 Å². The van der Waals surface area contributed by atoms with Crippen molar-refractivity contribution in [3.05, 3.63) is 0 Å². The summed E-state index contributed by atoms with van der Waals surface area (Å²) < 4.78 is 5.08. The average molecular weight is 149 g/mol.